The number of aryl methyl sites for hydroxylation is 1. The Morgan fingerprint density at radius 3 is 2.74 bits per heavy atom. The minimum atomic E-state index is -0.470. The quantitative estimate of drug-likeness (QED) is 0.683. The second-order valence-electron chi connectivity index (χ2n) is 8.09. The maximum absolute atomic E-state index is 13.2. The van der Waals surface area contributed by atoms with Crippen molar-refractivity contribution in [2.24, 2.45) is 5.73 Å². The van der Waals surface area contributed by atoms with Crippen molar-refractivity contribution < 1.29 is 19.1 Å². The van der Waals surface area contributed by atoms with Crippen LogP contribution < -0.4 is 20.5 Å². The molecule has 2 atom stereocenters. The fourth-order valence-electron chi connectivity index (χ4n) is 4.81. The molecule has 1 aromatic carbocycles. The second kappa shape index (κ2) is 8.88. The van der Waals surface area contributed by atoms with Gasteiger partial charge in [-0.2, -0.15) is 0 Å². The number of benzene rings is 1. The van der Waals surface area contributed by atoms with Crippen molar-refractivity contribution in [3.63, 3.8) is 0 Å². The molecule has 0 saturated carbocycles. The Kier molecular flexibility index (Phi) is 6.20. The Balaban J connectivity index is 1.56. The van der Waals surface area contributed by atoms with Gasteiger partial charge in [0, 0.05) is 16.5 Å². The molecule has 0 unspecified atom stereocenters. The number of nitrogens with two attached hydrogens (primary N) is 1. The van der Waals surface area contributed by atoms with Gasteiger partial charge >= 0.3 is 0 Å². The molecule has 4 rings (SSSR count). The largest absolute Gasteiger partial charge is 0.497 e. The van der Waals surface area contributed by atoms with Gasteiger partial charge in [-0.3, -0.25) is 14.5 Å². The third-order valence-electron chi connectivity index (χ3n) is 6.37. The van der Waals surface area contributed by atoms with Gasteiger partial charge in [0.25, 0.3) is 5.91 Å². The molecule has 2 aromatic rings. The summed E-state index contributed by atoms with van der Waals surface area (Å²) in [5, 5.41) is 3.59. The van der Waals surface area contributed by atoms with Gasteiger partial charge in [0.05, 0.1) is 25.8 Å². The molecule has 1 aliphatic carbocycles. The first kappa shape index (κ1) is 21.6. The summed E-state index contributed by atoms with van der Waals surface area (Å²) in [5.74, 6) is 0.952. The first-order chi connectivity index (χ1) is 14.9. The topological polar surface area (TPSA) is 93.9 Å². The fraction of sp³-hybridized carbons (Fsp3) is 0.478. The lowest BCUT2D eigenvalue weighted by Gasteiger charge is -2.31. The van der Waals surface area contributed by atoms with Gasteiger partial charge in [0.15, 0.2) is 0 Å². The number of primary amides is 1. The van der Waals surface area contributed by atoms with Gasteiger partial charge in [0.1, 0.15) is 16.5 Å². The molecule has 166 valence electrons. The van der Waals surface area contributed by atoms with Crippen LogP contribution in [0.4, 0.5) is 5.00 Å². The van der Waals surface area contributed by atoms with Crippen molar-refractivity contribution in [1.82, 2.24) is 4.90 Å². The molecule has 0 bridgehead atoms. The van der Waals surface area contributed by atoms with Crippen LogP contribution in [-0.2, 0) is 17.6 Å². The van der Waals surface area contributed by atoms with Crippen LogP contribution in [0.15, 0.2) is 18.2 Å². The van der Waals surface area contributed by atoms with Crippen LogP contribution in [0.3, 0.4) is 0 Å². The molecular formula is C23H29N3O4S. The predicted octanol–water partition coefficient (Wildman–Crippen LogP) is 3.52. The summed E-state index contributed by atoms with van der Waals surface area (Å²) in [5.41, 5.74) is 8.17. The van der Waals surface area contributed by atoms with Gasteiger partial charge in [-0.25, -0.2) is 0 Å². The Hall–Kier alpha value is -2.58. The smallest absolute Gasteiger partial charge is 0.251 e. The summed E-state index contributed by atoms with van der Waals surface area (Å²) in [7, 11) is 3.30. The molecule has 1 fully saturated rings. The summed E-state index contributed by atoms with van der Waals surface area (Å²) in [6.07, 6.45) is 4.74. The van der Waals surface area contributed by atoms with Gasteiger partial charge in [0.2, 0.25) is 5.91 Å². The van der Waals surface area contributed by atoms with E-state index in [0.717, 1.165) is 66.2 Å². The SMILES string of the molecule is COc1ccc(OC)c([C@H]2CCCN2[C@@H](C)C(=O)Nc2sc3c(c2C(N)=O)CCC3)c1. The van der Waals surface area contributed by atoms with Crippen LogP contribution in [0, 0.1) is 0 Å². The summed E-state index contributed by atoms with van der Waals surface area (Å²) >= 11 is 1.49. The van der Waals surface area contributed by atoms with E-state index in [9.17, 15) is 9.59 Å². The van der Waals surface area contributed by atoms with E-state index in [1.54, 1.807) is 14.2 Å². The maximum Gasteiger partial charge on any atom is 0.251 e. The van der Waals surface area contributed by atoms with E-state index in [0.29, 0.717) is 10.6 Å². The highest BCUT2D eigenvalue weighted by Crippen LogP contribution is 2.41. The molecule has 2 aliphatic rings. The first-order valence-corrected chi connectivity index (χ1v) is 11.5. The highest BCUT2D eigenvalue weighted by molar-refractivity contribution is 7.17. The number of ether oxygens (including phenoxy) is 2. The normalized spacial score (nSPS) is 19.1. The Labute approximate surface area is 186 Å². The Morgan fingerprint density at radius 1 is 1.23 bits per heavy atom. The molecule has 1 saturated heterocycles. The zero-order valence-corrected chi connectivity index (χ0v) is 19.0. The minimum Gasteiger partial charge on any atom is -0.497 e. The number of nitrogens with zero attached hydrogens (tertiary/aromatic N) is 1. The second-order valence-corrected chi connectivity index (χ2v) is 9.20. The Morgan fingerprint density at radius 2 is 2.03 bits per heavy atom. The number of carbonyl (C=O) groups is 2. The number of hydrogen-bond donors (Lipinski definition) is 2. The average molecular weight is 444 g/mol. The molecule has 7 nitrogen and oxygen atoms in total. The van der Waals surface area contributed by atoms with E-state index < -0.39 is 5.91 Å². The van der Waals surface area contributed by atoms with Crippen LogP contribution >= 0.6 is 11.3 Å². The highest BCUT2D eigenvalue weighted by atomic mass is 32.1. The lowest BCUT2D eigenvalue weighted by Crippen LogP contribution is -2.41. The first-order valence-electron chi connectivity index (χ1n) is 10.7. The van der Waals surface area contributed by atoms with Crippen molar-refractivity contribution in [3.05, 3.63) is 39.8 Å². The number of hydrogen-bond acceptors (Lipinski definition) is 6. The molecule has 8 heteroatoms. The zero-order chi connectivity index (χ0) is 22.1. The number of thiophene rings is 1. The molecule has 1 aliphatic heterocycles. The van der Waals surface area contributed by atoms with Gasteiger partial charge in [-0.05, 0) is 69.3 Å². The summed E-state index contributed by atoms with van der Waals surface area (Å²) in [6, 6.07) is 5.44. The van der Waals surface area contributed by atoms with Gasteiger partial charge in [-0.15, -0.1) is 11.3 Å². The number of likely N-dealkylation sites (tertiary alicyclic amines) is 1. The van der Waals surface area contributed by atoms with Crippen LogP contribution in [0.5, 0.6) is 11.5 Å². The van der Waals surface area contributed by atoms with Crippen molar-refractivity contribution >= 4 is 28.2 Å². The number of amides is 2. The van der Waals surface area contributed by atoms with Crippen LogP contribution in [-0.4, -0.2) is 43.5 Å². The van der Waals surface area contributed by atoms with E-state index in [1.807, 2.05) is 25.1 Å². The standard InChI is InChI=1S/C23H29N3O4S/c1-13(22(28)25-23-20(21(24)27)15-6-4-8-19(15)31-23)26-11-5-7-17(26)16-12-14(29-2)9-10-18(16)30-3/h9-10,12-13,17H,4-8,11H2,1-3H3,(H2,24,27)(H,25,28)/t13-,17+/m0/s1. The van der Waals surface area contributed by atoms with Crippen LogP contribution in [0.1, 0.15) is 58.6 Å². The molecular weight excluding hydrogens is 414 g/mol. The Bertz CT molecular complexity index is 1000. The lowest BCUT2D eigenvalue weighted by molar-refractivity contribution is -0.121. The zero-order valence-electron chi connectivity index (χ0n) is 18.2. The lowest BCUT2D eigenvalue weighted by atomic mass is 10.0. The van der Waals surface area contributed by atoms with E-state index in [-0.39, 0.29) is 18.0 Å². The molecule has 3 N–H and O–H groups in total. The third kappa shape index (κ3) is 4.02. The number of rotatable bonds is 7. The van der Waals surface area contributed by atoms with Crippen LogP contribution in [0.25, 0.3) is 0 Å². The number of fused-ring (bicyclic) bond motifs is 1. The molecule has 2 amide bonds. The highest BCUT2D eigenvalue weighted by Gasteiger charge is 2.35. The molecule has 0 radical (unpaired) electrons. The molecule has 0 spiro atoms. The van der Waals surface area contributed by atoms with E-state index in [1.165, 1.54) is 11.3 Å². The summed E-state index contributed by atoms with van der Waals surface area (Å²) in [4.78, 5) is 28.6. The predicted molar refractivity (Wildman–Crippen MR) is 121 cm³/mol. The number of carbonyl (C=O) groups excluding carboxylic acids is 2. The molecule has 2 heterocycles. The molecule has 31 heavy (non-hydrogen) atoms. The molecule has 1 aromatic heterocycles. The summed E-state index contributed by atoms with van der Waals surface area (Å²) in [6.45, 7) is 2.72. The third-order valence-corrected chi connectivity index (χ3v) is 7.58. The van der Waals surface area contributed by atoms with Crippen molar-refractivity contribution in [3.8, 4) is 11.5 Å². The summed E-state index contributed by atoms with van der Waals surface area (Å²) < 4.78 is 11.0. The number of nitrogens with one attached hydrogen (secondary N) is 1. The minimum absolute atomic E-state index is 0.0507. The fourth-order valence-corrected chi connectivity index (χ4v) is 6.10. The van der Waals surface area contributed by atoms with Crippen molar-refractivity contribution in [2.75, 3.05) is 26.1 Å². The van der Waals surface area contributed by atoms with E-state index >= 15 is 0 Å². The average Bonchev–Trinajstić information content (AvgIpc) is 3.48. The van der Waals surface area contributed by atoms with Crippen molar-refractivity contribution in [2.45, 2.75) is 51.1 Å². The number of methoxy groups -OCH3 is 2. The monoisotopic (exact) mass is 443 g/mol. The number of anilines is 1. The van der Waals surface area contributed by atoms with Gasteiger partial charge in [-0.1, -0.05) is 0 Å². The van der Waals surface area contributed by atoms with Crippen molar-refractivity contribution in [1.29, 1.82) is 0 Å². The van der Waals surface area contributed by atoms with Crippen LogP contribution in [0.2, 0.25) is 0 Å². The maximum atomic E-state index is 13.2. The van der Waals surface area contributed by atoms with E-state index in [4.69, 9.17) is 15.2 Å². The van der Waals surface area contributed by atoms with Gasteiger partial charge < -0.3 is 20.5 Å². The van der Waals surface area contributed by atoms with E-state index in [2.05, 4.69) is 10.2 Å².